The van der Waals surface area contributed by atoms with Crippen molar-refractivity contribution >= 4 is 17.2 Å². The smallest absolute Gasteiger partial charge is 0.270 e. The number of carbonyl (C=O) groups excluding carboxylic acids is 1. The van der Waals surface area contributed by atoms with E-state index in [9.17, 15) is 9.59 Å². The Balaban J connectivity index is 1.41. The first-order chi connectivity index (χ1) is 15.3. The van der Waals surface area contributed by atoms with E-state index in [0.29, 0.717) is 17.9 Å². The van der Waals surface area contributed by atoms with Crippen molar-refractivity contribution < 1.29 is 9.53 Å². The van der Waals surface area contributed by atoms with Crippen molar-refractivity contribution in [3.05, 3.63) is 82.3 Å². The molecule has 0 fully saturated rings. The summed E-state index contributed by atoms with van der Waals surface area (Å²) in [5.74, 6) is -0.420. The van der Waals surface area contributed by atoms with Gasteiger partial charge in [0.05, 0.1) is 17.8 Å². The van der Waals surface area contributed by atoms with E-state index in [-0.39, 0.29) is 23.4 Å². The number of imidazole rings is 1. The summed E-state index contributed by atoms with van der Waals surface area (Å²) in [6.07, 6.45) is 5.50. The Morgan fingerprint density at radius 2 is 1.94 bits per heavy atom. The molecule has 2 N–H and O–H groups in total. The van der Waals surface area contributed by atoms with E-state index >= 15 is 0 Å². The molecule has 0 atom stereocenters. The second kappa shape index (κ2) is 8.89. The fourth-order valence-corrected chi connectivity index (χ4v) is 3.29. The van der Waals surface area contributed by atoms with E-state index in [0.717, 1.165) is 17.8 Å². The molecule has 0 radical (unpaired) electrons. The third kappa shape index (κ3) is 4.84. The van der Waals surface area contributed by atoms with E-state index in [1.807, 2.05) is 42.8 Å². The third-order valence-corrected chi connectivity index (χ3v) is 5.23. The van der Waals surface area contributed by atoms with Gasteiger partial charge in [-0.3, -0.25) is 14.0 Å². The molecule has 0 aliphatic heterocycles. The monoisotopic (exact) mass is 434 g/mol. The van der Waals surface area contributed by atoms with Gasteiger partial charge in [-0.25, -0.2) is 9.97 Å². The SMILES string of the molecule is COC(C)(C)CNCc1ccc2nc(CNC(=O)c3cc(=O)n4ccccc4n3)cn2c1. The van der Waals surface area contributed by atoms with Crippen LogP contribution in [-0.2, 0) is 17.8 Å². The van der Waals surface area contributed by atoms with E-state index in [4.69, 9.17) is 4.74 Å². The van der Waals surface area contributed by atoms with Crippen molar-refractivity contribution in [1.82, 2.24) is 29.4 Å². The van der Waals surface area contributed by atoms with Crippen molar-refractivity contribution in [2.24, 2.45) is 0 Å². The Kier molecular flexibility index (Phi) is 6.02. The summed E-state index contributed by atoms with van der Waals surface area (Å²) in [7, 11) is 1.70. The van der Waals surface area contributed by atoms with Crippen molar-refractivity contribution in [2.45, 2.75) is 32.5 Å². The fourth-order valence-electron chi connectivity index (χ4n) is 3.29. The second-order valence-electron chi connectivity index (χ2n) is 8.19. The second-order valence-corrected chi connectivity index (χ2v) is 8.19. The van der Waals surface area contributed by atoms with Crippen molar-refractivity contribution in [1.29, 1.82) is 0 Å². The number of fused-ring (bicyclic) bond motifs is 2. The van der Waals surface area contributed by atoms with Crippen LogP contribution in [0.4, 0.5) is 0 Å². The summed E-state index contributed by atoms with van der Waals surface area (Å²) < 4.78 is 8.74. The highest BCUT2D eigenvalue weighted by Gasteiger charge is 2.15. The van der Waals surface area contributed by atoms with Gasteiger partial charge in [-0.1, -0.05) is 12.1 Å². The minimum Gasteiger partial charge on any atom is -0.377 e. The van der Waals surface area contributed by atoms with Gasteiger partial charge < -0.3 is 19.8 Å². The first kappa shape index (κ1) is 21.7. The number of methoxy groups -OCH3 is 1. The van der Waals surface area contributed by atoms with Crippen LogP contribution in [0.25, 0.3) is 11.3 Å². The normalized spacial score (nSPS) is 11.8. The Labute approximate surface area is 185 Å². The highest BCUT2D eigenvalue weighted by Crippen LogP contribution is 2.10. The van der Waals surface area contributed by atoms with E-state index in [1.54, 1.807) is 31.5 Å². The molecular formula is C23H26N6O3. The molecule has 9 nitrogen and oxygen atoms in total. The van der Waals surface area contributed by atoms with Crippen LogP contribution >= 0.6 is 0 Å². The molecule has 32 heavy (non-hydrogen) atoms. The molecule has 0 aliphatic carbocycles. The van der Waals surface area contributed by atoms with Crippen LogP contribution < -0.4 is 16.2 Å². The molecule has 0 spiro atoms. The minimum atomic E-state index is -0.420. The molecule has 1 amide bonds. The number of pyridine rings is 2. The van der Waals surface area contributed by atoms with Crippen molar-refractivity contribution in [3.8, 4) is 0 Å². The quantitative estimate of drug-likeness (QED) is 0.438. The van der Waals surface area contributed by atoms with Gasteiger partial charge in [-0.2, -0.15) is 0 Å². The lowest BCUT2D eigenvalue weighted by Crippen LogP contribution is -2.36. The van der Waals surface area contributed by atoms with Crippen LogP contribution in [0.3, 0.4) is 0 Å². The fraction of sp³-hybridized carbons (Fsp3) is 0.304. The zero-order valence-corrected chi connectivity index (χ0v) is 18.3. The van der Waals surface area contributed by atoms with Gasteiger partial charge in [-0.15, -0.1) is 0 Å². The number of carbonyl (C=O) groups is 1. The van der Waals surface area contributed by atoms with Gasteiger partial charge in [0, 0.05) is 44.9 Å². The van der Waals surface area contributed by atoms with Gasteiger partial charge >= 0.3 is 0 Å². The first-order valence-electron chi connectivity index (χ1n) is 10.3. The van der Waals surface area contributed by atoms with Crippen molar-refractivity contribution in [2.75, 3.05) is 13.7 Å². The van der Waals surface area contributed by atoms with Crippen LogP contribution in [0.15, 0.2) is 59.8 Å². The lowest BCUT2D eigenvalue weighted by atomic mass is 10.1. The van der Waals surface area contributed by atoms with Gasteiger partial charge in [0.1, 0.15) is 17.0 Å². The highest BCUT2D eigenvalue weighted by atomic mass is 16.5. The molecule has 0 aliphatic rings. The number of rotatable bonds is 8. The molecule has 4 heterocycles. The number of ether oxygens (including phenoxy) is 1. The number of nitrogens with zero attached hydrogens (tertiary/aromatic N) is 4. The van der Waals surface area contributed by atoms with E-state index < -0.39 is 5.91 Å². The molecule has 4 aromatic heterocycles. The maximum absolute atomic E-state index is 12.5. The predicted molar refractivity (Wildman–Crippen MR) is 121 cm³/mol. The van der Waals surface area contributed by atoms with E-state index in [2.05, 4.69) is 20.6 Å². The Morgan fingerprint density at radius 3 is 2.75 bits per heavy atom. The Bertz CT molecular complexity index is 1320. The standard InChI is InChI=1S/C23H26N6O3/c1-23(2,32-3)15-24-11-16-7-8-19-26-17(14-28(19)13-16)12-25-22(31)18-10-21(30)29-9-5-4-6-20(29)27-18/h4-10,13-14,24H,11-12,15H2,1-3H3,(H,25,31). The molecule has 0 unspecified atom stereocenters. The van der Waals surface area contributed by atoms with Crippen LogP contribution in [0.5, 0.6) is 0 Å². The minimum absolute atomic E-state index is 0.0808. The lowest BCUT2D eigenvalue weighted by Gasteiger charge is -2.23. The molecule has 0 bridgehead atoms. The van der Waals surface area contributed by atoms with Crippen LogP contribution in [0.1, 0.15) is 35.6 Å². The summed E-state index contributed by atoms with van der Waals surface area (Å²) >= 11 is 0. The van der Waals surface area contributed by atoms with Crippen LogP contribution in [0, 0.1) is 0 Å². The summed E-state index contributed by atoms with van der Waals surface area (Å²) in [4.78, 5) is 33.5. The van der Waals surface area contributed by atoms with Gasteiger partial charge in [0.2, 0.25) is 0 Å². The average molecular weight is 435 g/mol. The maximum atomic E-state index is 12.5. The largest absolute Gasteiger partial charge is 0.377 e. The number of aromatic nitrogens is 4. The number of amides is 1. The molecule has 4 rings (SSSR count). The third-order valence-electron chi connectivity index (χ3n) is 5.23. The number of hydrogen-bond donors (Lipinski definition) is 2. The van der Waals surface area contributed by atoms with Gasteiger partial charge in [-0.05, 0) is 37.6 Å². The first-order valence-corrected chi connectivity index (χ1v) is 10.3. The average Bonchev–Trinajstić information content (AvgIpc) is 3.19. The molecular weight excluding hydrogens is 408 g/mol. The van der Waals surface area contributed by atoms with Gasteiger partial charge in [0.15, 0.2) is 0 Å². The predicted octanol–water partition coefficient (Wildman–Crippen LogP) is 1.79. The zero-order chi connectivity index (χ0) is 22.7. The molecule has 4 aromatic rings. The number of nitrogens with one attached hydrogen (secondary N) is 2. The zero-order valence-electron chi connectivity index (χ0n) is 18.3. The van der Waals surface area contributed by atoms with Crippen molar-refractivity contribution in [3.63, 3.8) is 0 Å². The summed E-state index contributed by atoms with van der Waals surface area (Å²) in [6.45, 7) is 5.73. The molecule has 166 valence electrons. The topological polar surface area (TPSA) is 102 Å². The molecule has 0 saturated heterocycles. The van der Waals surface area contributed by atoms with Gasteiger partial charge in [0.25, 0.3) is 11.5 Å². The summed E-state index contributed by atoms with van der Waals surface area (Å²) in [5.41, 5.74) is 2.58. The highest BCUT2D eigenvalue weighted by molar-refractivity contribution is 5.92. The maximum Gasteiger partial charge on any atom is 0.270 e. The molecule has 0 aromatic carbocycles. The lowest BCUT2D eigenvalue weighted by molar-refractivity contribution is 0.0230. The molecule has 0 saturated carbocycles. The summed E-state index contributed by atoms with van der Waals surface area (Å²) in [6, 6.07) is 10.4. The summed E-state index contributed by atoms with van der Waals surface area (Å²) in [5, 5.41) is 6.18. The Hall–Kier alpha value is -3.56. The van der Waals surface area contributed by atoms with Crippen LogP contribution in [-0.4, -0.2) is 43.9 Å². The van der Waals surface area contributed by atoms with E-state index in [1.165, 1.54) is 10.5 Å². The Morgan fingerprint density at radius 1 is 1.09 bits per heavy atom. The van der Waals surface area contributed by atoms with Crippen LogP contribution in [0.2, 0.25) is 0 Å². The molecule has 9 heteroatoms. The number of hydrogen-bond acceptors (Lipinski definition) is 6.